The Bertz CT molecular complexity index is 632. The van der Waals surface area contributed by atoms with Crippen LogP contribution in [0.1, 0.15) is 17.2 Å². The maximum absolute atomic E-state index is 6.29. The number of rotatable bonds is 3. The molecule has 1 aliphatic rings. The Morgan fingerprint density at radius 1 is 1.10 bits per heavy atom. The number of halogens is 3. The fourth-order valence-corrected chi connectivity index (χ4v) is 3.41. The first kappa shape index (κ1) is 15.3. The fraction of sp³-hybridized carbons (Fsp3) is 0.250. The van der Waals surface area contributed by atoms with E-state index >= 15 is 0 Å². The van der Waals surface area contributed by atoms with Crippen molar-refractivity contribution in [2.24, 2.45) is 0 Å². The van der Waals surface area contributed by atoms with Gasteiger partial charge in [0.15, 0.2) is 0 Å². The van der Waals surface area contributed by atoms with Crippen LogP contribution in [0.15, 0.2) is 48.5 Å². The van der Waals surface area contributed by atoms with E-state index in [1.165, 1.54) is 0 Å². The highest BCUT2D eigenvalue weighted by Crippen LogP contribution is 2.43. The Morgan fingerprint density at radius 3 is 2.48 bits per heavy atom. The normalized spacial score (nSPS) is 25.2. The van der Waals surface area contributed by atoms with Crippen molar-refractivity contribution in [1.82, 2.24) is 0 Å². The van der Waals surface area contributed by atoms with E-state index in [9.17, 15) is 0 Å². The van der Waals surface area contributed by atoms with Crippen LogP contribution in [0.25, 0.3) is 0 Å². The van der Waals surface area contributed by atoms with Gasteiger partial charge < -0.3 is 9.47 Å². The molecule has 2 aromatic rings. The van der Waals surface area contributed by atoms with Crippen LogP contribution in [0, 0.1) is 0 Å². The summed E-state index contributed by atoms with van der Waals surface area (Å²) in [4.78, 5) is 0. The second-order valence-corrected chi connectivity index (χ2v) is 6.24. The summed E-state index contributed by atoms with van der Waals surface area (Å²) < 4.78 is 12.2. The van der Waals surface area contributed by atoms with Gasteiger partial charge in [-0.15, -0.1) is 0 Å². The Labute approximate surface area is 142 Å². The Kier molecular flexibility index (Phi) is 4.57. The molecule has 1 saturated heterocycles. The highest BCUT2D eigenvalue weighted by Gasteiger charge is 2.44. The molecule has 0 aliphatic carbocycles. The van der Waals surface area contributed by atoms with Crippen molar-refractivity contribution in [3.63, 3.8) is 0 Å². The summed E-state index contributed by atoms with van der Waals surface area (Å²) in [6.45, 7) is 0.471. The van der Waals surface area contributed by atoms with Crippen molar-refractivity contribution in [3.8, 4) is 0 Å². The molecule has 21 heavy (non-hydrogen) atoms. The predicted octanol–water partition coefficient (Wildman–Crippen LogP) is 5.33. The third-order valence-corrected chi connectivity index (χ3v) is 4.82. The maximum Gasteiger partial charge on any atom is 0.207 e. The molecule has 1 heterocycles. The van der Waals surface area contributed by atoms with E-state index in [2.05, 4.69) is 15.9 Å². The number of benzene rings is 2. The smallest absolute Gasteiger partial charge is 0.207 e. The molecule has 2 nitrogen and oxygen atoms in total. The van der Waals surface area contributed by atoms with E-state index < -0.39 is 5.79 Å². The molecule has 0 saturated carbocycles. The summed E-state index contributed by atoms with van der Waals surface area (Å²) >= 11 is 15.7. The zero-order chi connectivity index (χ0) is 14.9. The molecule has 1 aliphatic heterocycles. The van der Waals surface area contributed by atoms with Crippen LogP contribution in [0.3, 0.4) is 0 Å². The van der Waals surface area contributed by atoms with Gasteiger partial charge in [0.05, 0.1) is 11.9 Å². The van der Waals surface area contributed by atoms with Gasteiger partial charge in [0.1, 0.15) is 6.10 Å². The van der Waals surface area contributed by atoms with Gasteiger partial charge in [-0.1, -0.05) is 69.5 Å². The van der Waals surface area contributed by atoms with Crippen LogP contribution < -0.4 is 0 Å². The first-order valence-electron chi connectivity index (χ1n) is 6.53. The lowest BCUT2D eigenvalue weighted by molar-refractivity contribution is -0.157. The summed E-state index contributed by atoms with van der Waals surface area (Å²) in [7, 11) is 0. The Hall–Kier alpha value is -0.580. The van der Waals surface area contributed by atoms with Crippen molar-refractivity contribution < 1.29 is 9.47 Å². The van der Waals surface area contributed by atoms with Crippen molar-refractivity contribution in [1.29, 1.82) is 0 Å². The summed E-state index contributed by atoms with van der Waals surface area (Å²) in [6, 6.07) is 15.2. The summed E-state index contributed by atoms with van der Waals surface area (Å²) in [5.74, 6) is -0.858. The van der Waals surface area contributed by atoms with Crippen molar-refractivity contribution in [2.75, 3.05) is 11.9 Å². The second kappa shape index (κ2) is 6.27. The molecular formula is C16H13BrCl2O2. The first-order valence-corrected chi connectivity index (χ1v) is 8.40. The van der Waals surface area contributed by atoms with Gasteiger partial charge in [-0.05, 0) is 23.8 Å². The quantitative estimate of drug-likeness (QED) is 0.662. The summed E-state index contributed by atoms with van der Waals surface area (Å²) in [5.41, 5.74) is 1.87. The Balaban J connectivity index is 1.90. The van der Waals surface area contributed by atoms with Gasteiger partial charge in [0.25, 0.3) is 0 Å². The molecule has 0 spiro atoms. The molecular weight excluding hydrogens is 375 g/mol. The largest absolute Gasteiger partial charge is 0.342 e. The number of hydrogen-bond donors (Lipinski definition) is 0. The lowest BCUT2D eigenvalue weighted by atomic mass is 10.1. The monoisotopic (exact) mass is 386 g/mol. The van der Waals surface area contributed by atoms with E-state index in [0.717, 1.165) is 11.1 Å². The SMILES string of the molecule is Clc1ccc([C@@H]2CO[C@@](CBr)(c3ccccc3Cl)O2)cc1. The fourth-order valence-electron chi connectivity index (χ4n) is 2.40. The molecule has 0 unspecified atom stereocenters. The molecule has 0 radical (unpaired) electrons. The summed E-state index contributed by atoms with van der Waals surface area (Å²) in [6.07, 6.45) is -0.143. The average Bonchev–Trinajstić information content (AvgIpc) is 2.94. The minimum atomic E-state index is -0.858. The van der Waals surface area contributed by atoms with Gasteiger partial charge in [-0.3, -0.25) is 0 Å². The van der Waals surface area contributed by atoms with Gasteiger partial charge >= 0.3 is 0 Å². The number of alkyl halides is 1. The molecule has 3 rings (SSSR count). The van der Waals surface area contributed by atoms with E-state index in [1.54, 1.807) is 0 Å². The van der Waals surface area contributed by atoms with Crippen LogP contribution in [-0.2, 0) is 15.3 Å². The zero-order valence-corrected chi connectivity index (χ0v) is 14.2. The molecule has 0 aromatic heterocycles. The molecule has 0 N–H and O–H groups in total. The van der Waals surface area contributed by atoms with E-state index in [1.807, 2.05) is 48.5 Å². The molecule has 0 amide bonds. The second-order valence-electron chi connectivity index (χ2n) is 4.84. The van der Waals surface area contributed by atoms with Crippen LogP contribution in [0.4, 0.5) is 0 Å². The van der Waals surface area contributed by atoms with Gasteiger partial charge in [0, 0.05) is 15.6 Å². The topological polar surface area (TPSA) is 18.5 Å². The summed E-state index contributed by atoms with van der Waals surface area (Å²) in [5, 5.41) is 1.85. The van der Waals surface area contributed by atoms with E-state index in [4.69, 9.17) is 32.7 Å². The van der Waals surface area contributed by atoms with Crippen LogP contribution in [0.5, 0.6) is 0 Å². The average molecular weight is 388 g/mol. The lowest BCUT2D eigenvalue weighted by Gasteiger charge is -2.27. The predicted molar refractivity (Wildman–Crippen MR) is 88.2 cm³/mol. The van der Waals surface area contributed by atoms with Crippen LogP contribution >= 0.6 is 39.1 Å². The van der Waals surface area contributed by atoms with Crippen molar-refractivity contribution >= 4 is 39.1 Å². The number of ether oxygens (including phenoxy) is 2. The van der Waals surface area contributed by atoms with Crippen molar-refractivity contribution in [2.45, 2.75) is 11.9 Å². The first-order chi connectivity index (χ1) is 10.1. The molecule has 2 aromatic carbocycles. The minimum absolute atomic E-state index is 0.143. The molecule has 1 fully saturated rings. The third-order valence-electron chi connectivity index (χ3n) is 3.50. The van der Waals surface area contributed by atoms with Crippen molar-refractivity contribution in [3.05, 3.63) is 69.7 Å². The maximum atomic E-state index is 6.29. The zero-order valence-electron chi connectivity index (χ0n) is 11.1. The third kappa shape index (κ3) is 2.99. The molecule has 5 heteroatoms. The number of hydrogen-bond acceptors (Lipinski definition) is 2. The molecule has 0 bridgehead atoms. The van der Waals surface area contributed by atoms with Gasteiger partial charge in [-0.25, -0.2) is 0 Å². The van der Waals surface area contributed by atoms with Gasteiger partial charge in [0.2, 0.25) is 5.79 Å². The van der Waals surface area contributed by atoms with Gasteiger partial charge in [-0.2, -0.15) is 0 Å². The highest BCUT2D eigenvalue weighted by atomic mass is 79.9. The van der Waals surface area contributed by atoms with Crippen LogP contribution in [-0.4, -0.2) is 11.9 Å². The Morgan fingerprint density at radius 2 is 1.81 bits per heavy atom. The molecule has 2 atom stereocenters. The van der Waals surface area contributed by atoms with E-state index in [0.29, 0.717) is 22.0 Å². The minimum Gasteiger partial charge on any atom is -0.342 e. The lowest BCUT2D eigenvalue weighted by Crippen LogP contribution is -2.29. The molecule has 110 valence electrons. The van der Waals surface area contributed by atoms with E-state index in [-0.39, 0.29) is 6.10 Å². The highest BCUT2D eigenvalue weighted by molar-refractivity contribution is 9.09. The standard InChI is InChI=1S/C16H13BrCl2O2/c17-10-16(13-3-1-2-4-14(13)19)20-9-15(21-16)11-5-7-12(18)8-6-11/h1-8,15H,9-10H2/t15-,16+/m0/s1. The van der Waals surface area contributed by atoms with Crippen LogP contribution in [0.2, 0.25) is 10.0 Å².